The van der Waals surface area contributed by atoms with Gasteiger partial charge in [-0.05, 0) is 37.6 Å². The van der Waals surface area contributed by atoms with E-state index in [1.165, 1.54) is 6.42 Å². The van der Waals surface area contributed by atoms with Crippen molar-refractivity contribution in [3.8, 4) is 0 Å². The smallest absolute Gasteiger partial charge is 0.237 e. The average molecular weight is 198 g/mol. The predicted octanol–water partition coefficient (Wildman–Crippen LogP) is 1.28. The van der Waals surface area contributed by atoms with Crippen molar-refractivity contribution in [2.45, 2.75) is 45.6 Å². The van der Waals surface area contributed by atoms with Crippen LogP contribution in [0, 0.1) is 11.3 Å². The Morgan fingerprint density at radius 3 is 2.36 bits per heavy atom. The summed E-state index contributed by atoms with van der Waals surface area (Å²) in [5.41, 5.74) is 5.21. The first-order valence-electron chi connectivity index (χ1n) is 5.30. The van der Waals surface area contributed by atoms with Crippen molar-refractivity contribution in [2.75, 3.05) is 7.05 Å². The molecule has 1 saturated carbocycles. The van der Waals surface area contributed by atoms with Crippen molar-refractivity contribution in [3.05, 3.63) is 0 Å². The number of rotatable bonds is 2. The lowest BCUT2D eigenvalue weighted by Gasteiger charge is -2.45. The molecule has 14 heavy (non-hydrogen) atoms. The third kappa shape index (κ3) is 2.08. The molecule has 3 N–H and O–H groups in total. The fourth-order valence-electron chi connectivity index (χ4n) is 3.07. The standard InChI is InChI=1S/C11H22N2O/c1-8-5-10(2,3)7-11(6-8,13-4)9(12)14/h8,13H,5-7H2,1-4H3,(H2,12,14). The van der Waals surface area contributed by atoms with Crippen LogP contribution in [0.5, 0.6) is 0 Å². The number of hydrogen-bond donors (Lipinski definition) is 2. The number of hydrogen-bond acceptors (Lipinski definition) is 2. The van der Waals surface area contributed by atoms with Crippen LogP contribution < -0.4 is 11.1 Å². The maximum atomic E-state index is 11.5. The summed E-state index contributed by atoms with van der Waals surface area (Å²) in [5, 5.41) is 3.13. The lowest BCUT2D eigenvalue weighted by molar-refractivity contribution is -0.128. The monoisotopic (exact) mass is 198 g/mol. The van der Waals surface area contributed by atoms with E-state index in [0.717, 1.165) is 12.8 Å². The molecule has 0 spiro atoms. The molecule has 82 valence electrons. The third-order valence-electron chi connectivity index (χ3n) is 3.33. The molecule has 0 aromatic rings. The summed E-state index contributed by atoms with van der Waals surface area (Å²) in [7, 11) is 1.83. The van der Waals surface area contributed by atoms with Crippen molar-refractivity contribution in [1.29, 1.82) is 0 Å². The number of carbonyl (C=O) groups is 1. The van der Waals surface area contributed by atoms with Gasteiger partial charge in [-0.25, -0.2) is 0 Å². The Kier molecular flexibility index (Phi) is 2.91. The zero-order valence-corrected chi connectivity index (χ0v) is 9.68. The zero-order valence-electron chi connectivity index (χ0n) is 9.68. The van der Waals surface area contributed by atoms with Crippen LogP contribution >= 0.6 is 0 Å². The number of carbonyl (C=O) groups excluding carboxylic acids is 1. The van der Waals surface area contributed by atoms with Gasteiger partial charge in [0.2, 0.25) is 5.91 Å². The summed E-state index contributed by atoms with van der Waals surface area (Å²) in [4.78, 5) is 11.5. The van der Waals surface area contributed by atoms with Crippen molar-refractivity contribution in [3.63, 3.8) is 0 Å². The van der Waals surface area contributed by atoms with Gasteiger partial charge in [0.25, 0.3) is 0 Å². The van der Waals surface area contributed by atoms with Gasteiger partial charge in [-0.2, -0.15) is 0 Å². The highest BCUT2D eigenvalue weighted by Crippen LogP contribution is 2.43. The van der Waals surface area contributed by atoms with Crippen LogP contribution in [0.2, 0.25) is 0 Å². The first-order chi connectivity index (χ1) is 6.31. The minimum absolute atomic E-state index is 0.204. The van der Waals surface area contributed by atoms with E-state index in [1.807, 2.05) is 7.05 Å². The molecule has 1 aliphatic rings. The normalized spacial score (nSPS) is 36.7. The largest absolute Gasteiger partial charge is 0.368 e. The topological polar surface area (TPSA) is 55.1 Å². The van der Waals surface area contributed by atoms with Crippen molar-refractivity contribution in [1.82, 2.24) is 5.32 Å². The first kappa shape index (κ1) is 11.5. The lowest BCUT2D eigenvalue weighted by atomic mass is 9.64. The van der Waals surface area contributed by atoms with E-state index in [9.17, 15) is 4.79 Å². The molecular weight excluding hydrogens is 176 g/mol. The summed E-state index contributed by atoms with van der Waals surface area (Å²) >= 11 is 0. The van der Waals surface area contributed by atoms with Crippen LogP contribution in [-0.4, -0.2) is 18.5 Å². The highest BCUT2D eigenvalue weighted by Gasteiger charge is 2.45. The van der Waals surface area contributed by atoms with Gasteiger partial charge in [-0.3, -0.25) is 4.79 Å². The van der Waals surface area contributed by atoms with Gasteiger partial charge in [0, 0.05) is 0 Å². The number of nitrogens with two attached hydrogens (primary N) is 1. The minimum Gasteiger partial charge on any atom is -0.368 e. The van der Waals surface area contributed by atoms with Crippen molar-refractivity contribution >= 4 is 5.91 Å². The van der Waals surface area contributed by atoms with Crippen molar-refractivity contribution in [2.24, 2.45) is 17.1 Å². The SMILES string of the molecule is CNC1(C(N)=O)CC(C)CC(C)(C)C1. The van der Waals surface area contributed by atoms with E-state index in [0.29, 0.717) is 5.92 Å². The van der Waals surface area contributed by atoms with Gasteiger partial charge in [-0.15, -0.1) is 0 Å². The summed E-state index contributed by atoms with van der Waals surface area (Å²) in [6, 6.07) is 0. The molecule has 3 heteroatoms. The first-order valence-corrected chi connectivity index (χ1v) is 5.30. The van der Waals surface area contributed by atoms with Crippen molar-refractivity contribution < 1.29 is 4.79 Å². The number of nitrogens with one attached hydrogen (secondary N) is 1. The molecule has 0 aromatic heterocycles. The molecule has 1 amide bonds. The summed E-state index contributed by atoms with van der Waals surface area (Å²) in [6.45, 7) is 6.60. The van der Waals surface area contributed by atoms with Crippen LogP contribution in [0.25, 0.3) is 0 Å². The van der Waals surface area contributed by atoms with E-state index in [4.69, 9.17) is 5.73 Å². The van der Waals surface area contributed by atoms with Gasteiger partial charge in [0.05, 0.1) is 5.54 Å². The third-order valence-corrected chi connectivity index (χ3v) is 3.33. The fourth-order valence-corrected chi connectivity index (χ4v) is 3.07. The Balaban J connectivity index is 2.92. The molecular formula is C11H22N2O. The maximum absolute atomic E-state index is 11.5. The van der Waals surface area contributed by atoms with E-state index >= 15 is 0 Å². The van der Waals surface area contributed by atoms with Gasteiger partial charge >= 0.3 is 0 Å². The fraction of sp³-hybridized carbons (Fsp3) is 0.909. The van der Waals surface area contributed by atoms with E-state index in [2.05, 4.69) is 26.1 Å². The highest BCUT2D eigenvalue weighted by molar-refractivity contribution is 5.84. The Bertz CT molecular complexity index is 237. The Labute approximate surface area is 86.4 Å². The molecule has 0 bridgehead atoms. The molecule has 0 saturated heterocycles. The number of likely N-dealkylation sites (N-methyl/N-ethyl adjacent to an activating group) is 1. The number of amides is 1. The molecule has 2 atom stereocenters. The van der Waals surface area contributed by atoms with Crippen LogP contribution in [0.1, 0.15) is 40.0 Å². The van der Waals surface area contributed by atoms with E-state index in [1.54, 1.807) is 0 Å². The van der Waals surface area contributed by atoms with Gasteiger partial charge in [0.15, 0.2) is 0 Å². The van der Waals surface area contributed by atoms with Gasteiger partial charge < -0.3 is 11.1 Å². The predicted molar refractivity (Wildman–Crippen MR) is 57.8 cm³/mol. The lowest BCUT2D eigenvalue weighted by Crippen LogP contribution is -2.59. The highest BCUT2D eigenvalue weighted by atomic mass is 16.1. The molecule has 0 radical (unpaired) electrons. The molecule has 0 aromatic carbocycles. The molecule has 1 rings (SSSR count). The Morgan fingerprint density at radius 2 is 2.00 bits per heavy atom. The zero-order chi connectivity index (χ0) is 11.0. The van der Waals surface area contributed by atoms with E-state index in [-0.39, 0.29) is 11.3 Å². The Morgan fingerprint density at radius 1 is 1.43 bits per heavy atom. The van der Waals surface area contributed by atoms with Crippen LogP contribution in [-0.2, 0) is 4.79 Å². The van der Waals surface area contributed by atoms with Gasteiger partial charge in [0.1, 0.15) is 0 Å². The summed E-state index contributed by atoms with van der Waals surface area (Å²) in [6.07, 6.45) is 2.88. The molecule has 1 fully saturated rings. The molecule has 0 heterocycles. The molecule has 0 aliphatic heterocycles. The minimum atomic E-state index is -0.485. The number of primary amides is 1. The summed E-state index contributed by atoms with van der Waals surface area (Å²) in [5.74, 6) is 0.346. The van der Waals surface area contributed by atoms with Crippen LogP contribution in [0.3, 0.4) is 0 Å². The maximum Gasteiger partial charge on any atom is 0.237 e. The van der Waals surface area contributed by atoms with Gasteiger partial charge in [-0.1, -0.05) is 20.8 Å². The molecule has 1 aliphatic carbocycles. The van der Waals surface area contributed by atoms with Crippen LogP contribution in [0.4, 0.5) is 0 Å². The van der Waals surface area contributed by atoms with Crippen LogP contribution in [0.15, 0.2) is 0 Å². The average Bonchev–Trinajstić information content (AvgIpc) is 2.00. The second kappa shape index (κ2) is 3.54. The quantitative estimate of drug-likeness (QED) is 0.702. The molecule has 2 unspecified atom stereocenters. The second-order valence-corrected chi connectivity index (χ2v) is 5.55. The van der Waals surface area contributed by atoms with E-state index < -0.39 is 5.54 Å². The summed E-state index contributed by atoms with van der Waals surface area (Å²) < 4.78 is 0. The molecule has 3 nitrogen and oxygen atoms in total. The Hall–Kier alpha value is -0.570. The second-order valence-electron chi connectivity index (χ2n) is 5.55.